The molecule has 0 spiro atoms. The second kappa shape index (κ2) is 13.0. The Morgan fingerprint density at radius 1 is 0.970 bits per heavy atom. The minimum absolute atomic E-state index is 0.155. The standard InChI is InChI=1S/C27H37N3O3/c1-3-4-5-6-9-21-10-12-22(13-11-21)26(31)29-23-14-15-25(30-17-7-8-18-30)24(20-23)27(32)28-16-19-33-2/h10-15,20H,3-9,16-19H2,1-2H3,(H,28,32)(H,29,31). The lowest BCUT2D eigenvalue weighted by molar-refractivity contribution is 0.0936. The maximum Gasteiger partial charge on any atom is 0.255 e. The van der Waals surface area contributed by atoms with Gasteiger partial charge in [0.1, 0.15) is 0 Å². The van der Waals surface area contributed by atoms with Gasteiger partial charge in [-0.2, -0.15) is 0 Å². The van der Waals surface area contributed by atoms with Crippen molar-refractivity contribution in [3.63, 3.8) is 0 Å². The van der Waals surface area contributed by atoms with Gasteiger partial charge in [0.05, 0.1) is 12.2 Å². The molecule has 2 aromatic rings. The Kier molecular flexibility index (Phi) is 9.76. The van der Waals surface area contributed by atoms with E-state index in [1.54, 1.807) is 13.2 Å². The summed E-state index contributed by atoms with van der Waals surface area (Å²) in [6, 6.07) is 13.4. The van der Waals surface area contributed by atoms with Crippen LogP contribution in [0.4, 0.5) is 11.4 Å². The molecule has 178 valence electrons. The van der Waals surface area contributed by atoms with Gasteiger partial charge in [0.25, 0.3) is 11.8 Å². The van der Waals surface area contributed by atoms with Crippen molar-refractivity contribution in [3.05, 3.63) is 59.2 Å². The molecule has 0 radical (unpaired) electrons. The summed E-state index contributed by atoms with van der Waals surface area (Å²) in [5.41, 5.74) is 3.97. The number of methoxy groups -OCH3 is 1. The molecule has 1 aliphatic heterocycles. The van der Waals surface area contributed by atoms with E-state index in [1.807, 2.05) is 36.4 Å². The SMILES string of the molecule is CCCCCCc1ccc(C(=O)Nc2ccc(N3CCCC3)c(C(=O)NCCOC)c2)cc1. The molecule has 6 nitrogen and oxygen atoms in total. The zero-order valence-electron chi connectivity index (χ0n) is 20.0. The molecule has 1 saturated heterocycles. The fourth-order valence-electron chi connectivity index (χ4n) is 4.17. The Bertz CT molecular complexity index is 905. The fraction of sp³-hybridized carbons (Fsp3) is 0.481. The van der Waals surface area contributed by atoms with E-state index in [0.717, 1.165) is 38.0 Å². The van der Waals surface area contributed by atoms with Crippen molar-refractivity contribution >= 4 is 23.2 Å². The summed E-state index contributed by atoms with van der Waals surface area (Å²) in [6.45, 7) is 4.99. The van der Waals surface area contributed by atoms with Gasteiger partial charge >= 0.3 is 0 Å². The molecule has 2 amide bonds. The van der Waals surface area contributed by atoms with E-state index in [4.69, 9.17) is 4.74 Å². The van der Waals surface area contributed by atoms with Gasteiger partial charge in [-0.3, -0.25) is 9.59 Å². The normalized spacial score (nSPS) is 13.2. The highest BCUT2D eigenvalue weighted by atomic mass is 16.5. The van der Waals surface area contributed by atoms with Crippen LogP contribution in [-0.2, 0) is 11.2 Å². The highest BCUT2D eigenvalue weighted by molar-refractivity contribution is 6.06. The molecule has 0 aromatic heterocycles. The van der Waals surface area contributed by atoms with Gasteiger partial charge in [0.15, 0.2) is 0 Å². The van der Waals surface area contributed by atoms with Gasteiger partial charge < -0.3 is 20.3 Å². The molecule has 0 atom stereocenters. The van der Waals surface area contributed by atoms with Crippen molar-refractivity contribution < 1.29 is 14.3 Å². The molecule has 2 aromatic carbocycles. The molecule has 1 fully saturated rings. The molecule has 1 heterocycles. The van der Waals surface area contributed by atoms with E-state index in [0.29, 0.717) is 30.0 Å². The number of amides is 2. The van der Waals surface area contributed by atoms with Gasteiger partial charge in [-0.1, -0.05) is 38.3 Å². The number of nitrogens with zero attached hydrogens (tertiary/aromatic N) is 1. The lowest BCUT2D eigenvalue weighted by Crippen LogP contribution is -2.30. The van der Waals surface area contributed by atoms with E-state index in [1.165, 1.54) is 31.2 Å². The summed E-state index contributed by atoms with van der Waals surface area (Å²) in [4.78, 5) is 27.9. The number of rotatable bonds is 12. The predicted molar refractivity (Wildman–Crippen MR) is 134 cm³/mol. The number of carbonyl (C=O) groups excluding carboxylic acids is 2. The maximum absolute atomic E-state index is 12.9. The number of hydrogen-bond donors (Lipinski definition) is 2. The zero-order chi connectivity index (χ0) is 23.5. The average molecular weight is 452 g/mol. The van der Waals surface area contributed by atoms with Crippen molar-refractivity contribution in [2.24, 2.45) is 0 Å². The minimum Gasteiger partial charge on any atom is -0.383 e. The first-order chi connectivity index (χ1) is 16.1. The van der Waals surface area contributed by atoms with Crippen LogP contribution < -0.4 is 15.5 Å². The lowest BCUT2D eigenvalue weighted by Gasteiger charge is -2.22. The van der Waals surface area contributed by atoms with E-state index in [-0.39, 0.29) is 11.8 Å². The summed E-state index contributed by atoms with van der Waals surface area (Å²) < 4.78 is 5.04. The first kappa shape index (κ1) is 24.8. The number of nitrogens with one attached hydrogen (secondary N) is 2. The van der Waals surface area contributed by atoms with Crippen LogP contribution in [0.3, 0.4) is 0 Å². The number of aryl methyl sites for hydroxylation is 1. The molecule has 3 rings (SSSR count). The molecule has 1 aliphatic rings. The summed E-state index contributed by atoms with van der Waals surface area (Å²) in [6.07, 6.45) is 8.21. The molecule has 6 heteroatoms. The molecular formula is C27H37N3O3. The highest BCUT2D eigenvalue weighted by Gasteiger charge is 2.20. The Morgan fingerprint density at radius 3 is 2.42 bits per heavy atom. The van der Waals surface area contributed by atoms with E-state index < -0.39 is 0 Å². The molecular weight excluding hydrogens is 414 g/mol. The maximum atomic E-state index is 12.9. The number of ether oxygens (including phenoxy) is 1. The third-order valence-corrected chi connectivity index (χ3v) is 6.07. The van der Waals surface area contributed by atoms with Crippen LogP contribution in [0.2, 0.25) is 0 Å². The average Bonchev–Trinajstić information content (AvgIpc) is 3.37. The molecule has 0 bridgehead atoms. The Morgan fingerprint density at radius 2 is 1.73 bits per heavy atom. The van der Waals surface area contributed by atoms with Crippen LogP contribution in [0.15, 0.2) is 42.5 Å². The Hall–Kier alpha value is -2.86. The second-order valence-corrected chi connectivity index (χ2v) is 8.64. The predicted octanol–water partition coefficient (Wildman–Crippen LogP) is 5.04. The quantitative estimate of drug-likeness (QED) is 0.444. The van der Waals surface area contributed by atoms with E-state index >= 15 is 0 Å². The third-order valence-electron chi connectivity index (χ3n) is 6.07. The van der Waals surface area contributed by atoms with Crippen LogP contribution in [0.5, 0.6) is 0 Å². The van der Waals surface area contributed by atoms with Crippen LogP contribution in [-0.4, -0.2) is 45.2 Å². The van der Waals surface area contributed by atoms with Gasteiger partial charge in [0.2, 0.25) is 0 Å². The smallest absolute Gasteiger partial charge is 0.255 e. The first-order valence-electron chi connectivity index (χ1n) is 12.2. The Labute approximate surface area is 197 Å². The molecule has 33 heavy (non-hydrogen) atoms. The van der Waals surface area contributed by atoms with Gasteiger partial charge in [-0.25, -0.2) is 0 Å². The molecule has 0 unspecified atom stereocenters. The topological polar surface area (TPSA) is 70.7 Å². The number of hydrogen-bond acceptors (Lipinski definition) is 4. The first-order valence-corrected chi connectivity index (χ1v) is 12.2. The second-order valence-electron chi connectivity index (χ2n) is 8.64. The number of benzene rings is 2. The minimum atomic E-state index is -0.174. The van der Waals surface area contributed by atoms with Gasteiger partial charge in [-0.05, 0) is 61.6 Å². The highest BCUT2D eigenvalue weighted by Crippen LogP contribution is 2.28. The summed E-state index contributed by atoms with van der Waals surface area (Å²) in [5, 5.41) is 5.86. The number of anilines is 2. The largest absolute Gasteiger partial charge is 0.383 e. The molecule has 0 aliphatic carbocycles. The zero-order valence-corrected chi connectivity index (χ0v) is 20.0. The van der Waals surface area contributed by atoms with Crippen molar-refractivity contribution in [2.45, 2.75) is 51.9 Å². The van der Waals surface area contributed by atoms with E-state index in [2.05, 4.69) is 22.5 Å². The molecule has 2 N–H and O–H groups in total. The van der Waals surface area contributed by atoms with Crippen LogP contribution in [0, 0.1) is 0 Å². The van der Waals surface area contributed by atoms with Crippen molar-refractivity contribution in [1.82, 2.24) is 5.32 Å². The third kappa shape index (κ3) is 7.32. The lowest BCUT2D eigenvalue weighted by atomic mass is 10.0. The number of carbonyl (C=O) groups is 2. The summed E-state index contributed by atoms with van der Waals surface area (Å²) in [5.74, 6) is -0.329. The van der Waals surface area contributed by atoms with E-state index in [9.17, 15) is 9.59 Å². The van der Waals surface area contributed by atoms with Crippen molar-refractivity contribution in [2.75, 3.05) is 43.6 Å². The molecule has 0 saturated carbocycles. The van der Waals surface area contributed by atoms with Crippen LogP contribution in [0.25, 0.3) is 0 Å². The van der Waals surface area contributed by atoms with Crippen LogP contribution >= 0.6 is 0 Å². The van der Waals surface area contributed by atoms with Crippen molar-refractivity contribution in [3.8, 4) is 0 Å². The monoisotopic (exact) mass is 451 g/mol. The van der Waals surface area contributed by atoms with Gasteiger partial charge in [-0.15, -0.1) is 0 Å². The van der Waals surface area contributed by atoms with Gasteiger partial charge in [0, 0.05) is 43.7 Å². The fourth-order valence-corrected chi connectivity index (χ4v) is 4.17. The van der Waals surface area contributed by atoms with Crippen molar-refractivity contribution in [1.29, 1.82) is 0 Å². The Balaban J connectivity index is 1.68. The number of unbranched alkanes of at least 4 members (excludes halogenated alkanes) is 3. The van der Waals surface area contributed by atoms with Crippen LogP contribution in [0.1, 0.15) is 71.7 Å². The summed E-state index contributed by atoms with van der Waals surface area (Å²) in [7, 11) is 1.61. The summed E-state index contributed by atoms with van der Waals surface area (Å²) >= 11 is 0.